The number of carbonyl (C=O) groups excluding carboxylic acids is 2. The van der Waals surface area contributed by atoms with E-state index in [1.54, 1.807) is 34.0 Å². The van der Waals surface area contributed by atoms with Crippen LogP contribution in [0.4, 0.5) is 15.0 Å². The smallest absolute Gasteiger partial charge is 0.410 e. The van der Waals surface area contributed by atoms with Crippen LogP contribution < -0.4 is 0 Å². The molecule has 0 radical (unpaired) electrons. The van der Waals surface area contributed by atoms with E-state index in [-0.39, 0.29) is 36.6 Å². The largest absolute Gasteiger partial charge is 0.444 e. The van der Waals surface area contributed by atoms with Gasteiger partial charge in [0.15, 0.2) is 11.6 Å². The van der Waals surface area contributed by atoms with Crippen LogP contribution in [0, 0.1) is 5.82 Å². The van der Waals surface area contributed by atoms with Gasteiger partial charge in [-0.1, -0.05) is 18.2 Å². The van der Waals surface area contributed by atoms with Crippen LogP contribution in [0.25, 0.3) is 0 Å². The number of hydrogen-bond acceptors (Lipinski definition) is 5. The molecule has 1 aromatic heterocycles. The van der Waals surface area contributed by atoms with Crippen molar-refractivity contribution in [2.75, 3.05) is 13.1 Å². The van der Waals surface area contributed by atoms with Gasteiger partial charge in [-0.05, 0) is 45.2 Å². The van der Waals surface area contributed by atoms with Gasteiger partial charge in [0.1, 0.15) is 11.4 Å². The van der Waals surface area contributed by atoms with E-state index in [0.717, 1.165) is 12.8 Å². The summed E-state index contributed by atoms with van der Waals surface area (Å²) in [6.07, 6.45) is 3.25. The minimum atomic E-state index is -0.562. The van der Waals surface area contributed by atoms with Crippen LogP contribution in [0.2, 0.25) is 0 Å². The molecule has 8 heteroatoms. The summed E-state index contributed by atoms with van der Waals surface area (Å²) < 4.78 is 21.3. The summed E-state index contributed by atoms with van der Waals surface area (Å²) in [5, 5.41) is 4.44. The maximum Gasteiger partial charge on any atom is 0.410 e. The molecule has 7 nitrogen and oxygen atoms in total. The van der Waals surface area contributed by atoms with Crippen molar-refractivity contribution in [3.05, 3.63) is 47.4 Å². The number of nitrogens with zero attached hydrogens (tertiary/aromatic N) is 4. The molecule has 2 aliphatic heterocycles. The average Bonchev–Trinajstić information content (AvgIpc) is 3.13. The maximum atomic E-state index is 14.1. The second kappa shape index (κ2) is 8.24. The Balaban J connectivity index is 1.57. The van der Waals surface area contributed by atoms with Crippen molar-refractivity contribution in [2.24, 2.45) is 4.99 Å². The third kappa shape index (κ3) is 4.68. The third-order valence-electron chi connectivity index (χ3n) is 5.44. The molecule has 1 aromatic carbocycles. The molecular weight excluding hydrogens is 399 g/mol. The van der Waals surface area contributed by atoms with E-state index in [0.29, 0.717) is 35.7 Å². The van der Waals surface area contributed by atoms with Crippen molar-refractivity contribution in [2.45, 2.75) is 58.1 Å². The summed E-state index contributed by atoms with van der Waals surface area (Å²) in [7, 11) is 0. The van der Waals surface area contributed by atoms with Crippen molar-refractivity contribution in [3.63, 3.8) is 0 Å². The number of fused-ring (bicyclic) bond motifs is 1. The van der Waals surface area contributed by atoms with Gasteiger partial charge in [0.2, 0.25) is 0 Å². The Hall–Kier alpha value is -3.03. The molecule has 1 amide bonds. The molecule has 1 atom stereocenters. The lowest BCUT2D eigenvalue weighted by molar-refractivity contribution is 0.0168. The molecule has 1 fully saturated rings. The second-order valence-corrected chi connectivity index (χ2v) is 9.10. The lowest BCUT2D eigenvalue weighted by atomic mass is 9.99. The number of Topliss-reactive ketones (excluding diaryl/α,β-unsaturated/α-hetero) is 1. The normalized spacial score (nSPS) is 19.1. The van der Waals surface area contributed by atoms with Crippen LogP contribution in [-0.4, -0.2) is 51.0 Å². The highest BCUT2D eigenvalue weighted by molar-refractivity contribution is 6.15. The molecule has 164 valence electrons. The van der Waals surface area contributed by atoms with Gasteiger partial charge in [-0.25, -0.2) is 18.9 Å². The Labute approximate surface area is 180 Å². The summed E-state index contributed by atoms with van der Waals surface area (Å²) >= 11 is 0. The summed E-state index contributed by atoms with van der Waals surface area (Å²) in [5.74, 6) is 0.123. The van der Waals surface area contributed by atoms with Gasteiger partial charge >= 0.3 is 6.09 Å². The van der Waals surface area contributed by atoms with Gasteiger partial charge in [0, 0.05) is 25.2 Å². The lowest BCUT2D eigenvalue weighted by Gasteiger charge is -2.34. The number of likely N-dealkylation sites (tertiary alicyclic amines) is 1. The maximum absolute atomic E-state index is 14.1. The Morgan fingerprint density at radius 3 is 2.81 bits per heavy atom. The van der Waals surface area contributed by atoms with Crippen molar-refractivity contribution in [1.29, 1.82) is 0 Å². The molecule has 0 spiro atoms. The minimum Gasteiger partial charge on any atom is -0.444 e. The number of carbonyl (C=O) groups is 2. The molecule has 0 bridgehead atoms. The molecule has 3 heterocycles. The SMILES string of the molecule is CC(C)(C)OC(=O)N1CCCC(n2ncc3c2N=C(Cc2ccccc2F)CC3=O)C1. The molecule has 2 aromatic rings. The van der Waals surface area contributed by atoms with Gasteiger partial charge in [-0.2, -0.15) is 5.10 Å². The van der Waals surface area contributed by atoms with Crippen LogP contribution in [-0.2, 0) is 11.2 Å². The van der Waals surface area contributed by atoms with Crippen molar-refractivity contribution >= 4 is 23.4 Å². The first kappa shape index (κ1) is 21.2. The van der Waals surface area contributed by atoms with Crippen molar-refractivity contribution in [1.82, 2.24) is 14.7 Å². The van der Waals surface area contributed by atoms with E-state index in [1.807, 2.05) is 20.8 Å². The number of aliphatic imine (C=N–C) groups is 1. The van der Waals surface area contributed by atoms with E-state index in [1.165, 1.54) is 6.07 Å². The van der Waals surface area contributed by atoms with Crippen LogP contribution in [0.5, 0.6) is 0 Å². The second-order valence-electron chi connectivity index (χ2n) is 9.10. The summed E-state index contributed by atoms with van der Waals surface area (Å²) in [5.41, 5.74) is 1.04. The zero-order chi connectivity index (χ0) is 22.2. The quantitative estimate of drug-likeness (QED) is 0.724. The average molecular weight is 426 g/mol. The highest BCUT2D eigenvalue weighted by Gasteiger charge is 2.32. The van der Waals surface area contributed by atoms with Gasteiger partial charge < -0.3 is 9.64 Å². The van der Waals surface area contributed by atoms with E-state index in [2.05, 4.69) is 5.10 Å². The predicted octanol–water partition coefficient (Wildman–Crippen LogP) is 4.50. The number of hydrogen-bond donors (Lipinski definition) is 0. The number of aromatic nitrogens is 2. The zero-order valence-electron chi connectivity index (χ0n) is 18.1. The summed E-state index contributed by atoms with van der Waals surface area (Å²) in [4.78, 5) is 31.6. The van der Waals surface area contributed by atoms with Crippen LogP contribution in [0.15, 0.2) is 35.5 Å². The minimum absolute atomic E-state index is 0.0672. The first-order valence-electron chi connectivity index (χ1n) is 10.6. The number of ether oxygens (including phenoxy) is 1. The van der Waals surface area contributed by atoms with Gasteiger partial charge in [-0.15, -0.1) is 0 Å². The number of benzene rings is 1. The highest BCUT2D eigenvalue weighted by Crippen LogP contribution is 2.33. The number of amides is 1. The fourth-order valence-corrected chi connectivity index (χ4v) is 4.01. The standard InChI is InChI=1S/C23H27FN4O3/c1-23(2,3)31-22(30)27-10-6-8-17(14-27)28-21-18(13-25-28)20(29)12-16(26-21)11-15-7-4-5-9-19(15)24/h4-5,7,9,13,17H,6,8,10-12,14H2,1-3H3. The van der Waals surface area contributed by atoms with Gasteiger partial charge in [0.25, 0.3) is 0 Å². The van der Waals surface area contributed by atoms with Gasteiger partial charge in [-0.3, -0.25) is 4.79 Å². The first-order valence-corrected chi connectivity index (χ1v) is 10.6. The molecule has 0 saturated carbocycles. The number of piperidine rings is 1. The zero-order valence-corrected chi connectivity index (χ0v) is 18.1. The number of ketones is 1. The fraction of sp³-hybridized carbons (Fsp3) is 0.478. The monoisotopic (exact) mass is 426 g/mol. The fourth-order valence-electron chi connectivity index (χ4n) is 4.01. The molecule has 0 N–H and O–H groups in total. The molecule has 2 aliphatic rings. The molecule has 0 aliphatic carbocycles. The molecule has 1 unspecified atom stereocenters. The van der Waals surface area contributed by atoms with Crippen LogP contribution >= 0.6 is 0 Å². The summed E-state index contributed by atoms with van der Waals surface area (Å²) in [6, 6.07) is 6.42. The molecule has 1 saturated heterocycles. The van der Waals surface area contributed by atoms with Crippen molar-refractivity contribution < 1.29 is 18.7 Å². The van der Waals surface area contributed by atoms with E-state index in [4.69, 9.17) is 9.73 Å². The Kier molecular flexibility index (Phi) is 5.64. The summed E-state index contributed by atoms with van der Waals surface area (Å²) in [6.45, 7) is 6.58. The predicted molar refractivity (Wildman–Crippen MR) is 114 cm³/mol. The Morgan fingerprint density at radius 1 is 1.29 bits per heavy atom. The molecule has 31 heavy (non-hydrogen) atoms. The van der Waals surface area contributed by atoms with E-state index in [9.17, 15) is 14.0 Å². The van der Waals surface area contributed by atoms with Gasteiger partial charge in [0.05, 0.1) is 24.2 Å². The topological polar surface area (TPSA) is 76.8 Å². The van der Waals surface area contributed by atoms with E-state index >= 15 is 0 Å². The Morgan fingerprint density at radius 2 is 2.06 bits per heavy atom. The van der Waals surface area contributed by atoms with Crippen LogP contribution in [0.1, 0.15) is 62.0 Å². The number of halogens is 1. The third-order valence-corrected chi connectivity index (χ3v) is 5.44. The van der Waals surface area contributed by atoms with Crippen LogP contribution in [0.3, 0.4) is 0 Å². The Bertz CT molecular complexity index is 1040. The van der Waals surface area contributed by atoms with Crippen molar-refractivity contribution in [3.8, 4) is 0 Å². The molecule has 4 rings (SSSR count). The van der Waals surface area contributed by atoms with E-state index < -0.39 is 5.60 Å². The lowest BCUT2D eigenvalue weighted by Crippen LogP contribution is -2.43. The number of rotatable bonds is 3. The molecular formula is C23H27FN4O3. The first-order chi connectivity index (χ1) is 14.7. The highest BCUT2D eigenvalue weighted by atomic mass is 19.1.